The second-order valence-corrected chi connectivity index (χ2v) is 6.04. The maximum atomic E-state index is 6.35. The van der Waals surface area contributed by atoms with E-state index >= 15 is 0 Å². The van der Waals surface area contributed by atoms with Crippen LogP contribution in [0.15, 0.2) is 18.5 Å². The number of rotatable bonds is 6. The molecule has 112 valence electrons. The molecule has 1 aromatic rings. The third-order valence-electron chi connectivity index (χ3n) is 4.34. The topological polar surface area (TPSA) is 48.1 Å². The molecule has 0 radical (unpaired) electrons. The van der Waals surface area contributed by atoms with E-state index in [9.17, 15) is 0 Å². The number of nitrogens with two attached hydrogens (primary N) is 1. The van der Waals surface area contributed by atoms with Crippen LogP contribution < -0.4 is 10.5 Å². The molecule has 3 atom stereocenters. The molecule has 2 rings (SSSR count). The first kappa shape index (κ1) is 15.3. The molecule has 20 heavy (non-hydrogen) atoms. The number of ether oxygens (including phenoxy) is 1. The van der Waals surface area contributed by atoms with Gasteiger partial charge in [-0.05, 0) is 43.2 Å². The van der Waals surface area contributed by atoms with Crippen LogP contribution in [0.4, 0.5) is 0 Å². The Morgan fingerprint density at radius 2 is 2.10 bits per heavy atom. The Kier molecular flexibility index (Phi) is 5.84. The molecule has 0 aliphatic heterocycles. The molecule has 1 aliphatic rings. The molecule has 1 aliphatic carbocycles. The Morgan fingerprint density at radius 1 is 1.25 bits per heavy atom. The van der Waals surface area contributed by atoms with E-state index in [0.29, 0.717) is 5.92 Å². The standard InChI is InChI=1S/C17H28N2O/c1-3-5-13-6-7-17(18)16(9-13)14-10-15(12-19-11-14)20-8-4-2/h10-13,16-17H,3-9,18H2,1-2H3. The zero-order chi connectivity index (χ0) is 14.4. The van der Waals surface area contributed by atoms with Crippen LogP contribution in [0.2, 0.25) is 0 Å². The highest BCUT2D eigenvalue weighted by atomic mass is 16.5. The van der Waals surface area contributed by atoms with Crippen LogP contribution in [0.3, 0.4) is 0 Å². The Balaban J connectivity index is 2.07. The van der Waals surface area contributed by atoms with E-state index in [2.05, 4.69) is 24.9 Å². The van der Waals surface area contributed by atoms with Crippen molar-refractivity contribution in [1.82, 2.24) is 4.98 Å². The van der Waals surface area contributed by atoms with Gasteiger partial charge in [-0.2, -0.15) is 0 Å². The summed E-state index contributed by atoms with van der Waals surface area (Å²) in [6.45, 7) is 5.13. The van der Waals surface area contributed by atoms with Gasteiger partial charge in [-0.1, -0.05) is 26.7 Å². The molecule has 3 unspecified atom stereocenters. The monoisotopic (exact) mass is 276 g/mol. The van der Waals surface area contributed by atoms with Crippen LogP contribution in [-0.2, 0) is 0 Å². The molecule has 0 spiro atoms. The Hall–Kier alpha value is -1.09. The van der Waals surface area contributed by atoms with Crippen LogP contribution in [0.5, 0.6) is 5.75 Å². The van der Waals surface area contributed by atoms with Crippen molar-refractivity contribution in [3.8, 4) is 5.75 Å². The first-order chi connectivity index (χ1) is 9.74. The first-order valence-electron chi connectivity index (χ1n) is 8.07. The van der Waals surface area contributed by atoms with Crippen molar-refractivity contribution in [2.45, 2.75) is 64.3 Å². The zero-order valence-corrected chi connectivity index (χ0v) is 12.8. The summed E-state index contributed by atoms with van der Waals surface area (Å²) in [5.41, 5.74) is 7.61. The molecule has 2 N–H and O–H groups in total. The van der Waals surface area contributed by atoms with Crippen molar-refractivity contribution in [1.29, 1.82) is 0 Å². The predicted molar refractivity (Wildman–Crippen MR) is 83.0 cm³/mol. The maximum absolute atomic E-state index is 6.35. The molecule has 3 heteroatoms. The van der Waals surface area contributed by atoms with Crippen LogP contribution in [0, 0.1) is 5.92 Å². The minimum Gasteiger partial charge on any atom is -0.492 e. The molecular weight excluding hydrogens is 248 g/mol. The van der Waals surface area contributed by atoms with E-state index in [-0.39, 0.29) is 6.04 Å². The fourth-order valence-corrected chi connectivity index (χ4v) is 3.27. The Labute approximate surface area is 122 Å². The van der Waals surface area contributed by atoms with E-state index in [1.165, 1.54) is 31.2 Å². The third kappa shape index (κ3) is 3.95. The smallest absolute Gasteiger partial charge is 0.137 e. The van der Waals surface area contributed by atoms with Crippen molar-refractivity contribution in [3.63, 3.8) is 0 Å². The number of aromatic nitrogens is 1. The summed E-state index contributed by atoms with van der Waals surface area (Å²) < 4.78 is 5.69. The van der Waals surface area contributed by atoms with E-state index < -0.39 is 0 Å². The summed E-state index contributed by atoms with van der Waals surface area (Å²) in [5, 5.41) is 0. The van der Waals surface area contributed by atoms with Gasteiger partial charge in [0.15, 0.2) is 0 Å². The molecule has 1 saturated carbocycles. The summed E-state index contributed by atoms with van der Waals surface area (Å²) in [6.07, 6.45) is 11.0. The highest BCUT2D eigenvalue weighted by Crippen LogP contribution is 2.38. The van der Waals surface area contributed by atoms with Gasteiger partial charge in [0.1, 0.15) is 5.75 Å². The highest BCUT2D eigenvalue weighted by Gasteiger charge is 2.29. The summed E-state index contributed by atoms with van der Waals surface area (Å²) in [6, 6.07) is 2.41. The van der Waals surface area contributed by atoms with Gasteiger partial charge in [0, 0.05) is 18.2 Å². The summed E-state index contributed by atoms with van der Waals surface area (Å²) in [7, 11) is 0. The SMILES string of the molecule is CCCOc1cncc(C2CC(CCC)CCC2N)c1. The fraction of sp³-hybridized carbons (Fsp3) is 0.706. The molecule has 1 aromatic heterocycles. The number of hydrogen-bond acceptors (Lipinski definition) is 3. The Morgan fingerprint density at radius 3 is 2.85 bits per heavy atom. The largest absolute Gasteiger partial charge is 0.492 e. The van der Waals surface area contributed by atoms with E-state index in [1.54, 1.807) is 6.20 Å². The highest BCUT2D eigenvalue weighted by molar-refractivity contribution is 5.28. The number of hydrogen-bond donors (Lipinski definition) is 1. The lowest BCUT2D eigenvalue weighted by Gasteiger charge is -2.34. The van der Waals surface area contributed by atoms with Gasteiger partial charge < -0.3 is 10.5 Å². The van der Waals surface area contributed by atoms with Gasteiger partial charge in [0.25, 0.3) is 0 Å². The van der Waals surface area contributed by atoms with Crippen molar-refractivity contribution in [2.75, 3.05) is 6.61 Å². The predicted octanol–water partition coefficient (Wildman–Crippen LogP) is 3.88. The van der Waals surface area contributed by atoms with Crippen LogP contribution in [0.1, 0.15) is 63.9 Å². The lowest BCUT2D eigenvalue weighted by atomic mass is 9.74. The second kappa shape index (κ2) is 7.63. The van der Waals surface area contributed by atoms with Crippen molar-refractivity contribution in [2.24, 2.45) is 11.7 Å². The average Bonchev–Trinajstić information content (AvgIpc) is 2.47. The summed E-state index contributed by atoms with van der Waals surface area (Å²) >= 11 is 0. The third-order valence-corrected chi connectivity index (χ3v) is 4.34. The van der Waals surface area contributed by atoms with Gasteiger partial charge in [-0.25, -0.2) is 0 Å². The Bertz CT molecular complexity index is 408. The zero-order valence-electron chi connectivity index (χ0n) is 12.8. The minimum atomic E-state index is 0.270. The van der Waals surface area contributed by atoms with Crippen molar-refractivity contribution in [3.05, 3.63) is 24.0 Å². The van der Waals surface area contributed by atoms with Crippen LogP contribution >= 0.6 is 0 Å². The summed E-state index contributed by atoms with van der Waals surface area (Å²) in [5.74, 6) is 2.15. The fourth-order valence-electron chi connectivity index (χ4n) is 3.27. The van der Waals surface area contributed by atoms with Gasteiger partial charge in [0.2, 0.25) is 0 Å². The minimum absolute atomic E-state index is 0.270. The molecular formula is C17H28N2O. The maximum Gasteiger partial charge on any atom is 0.137 e. The molecule has 0 amide bonds. The molecule has 0 saturated heterocycles. The molecule has 0 bridgehead atoms. The van der Waals surface area contributed by atoms with Gasteiger partial charge >= 0.3 is 0 Å². The summed E-state index contributed by atoms with van der Waals surface area (Å²) in [4.78, 5) is 4.34. The van der Waals surface area contributed by atoms with E-state index in [0.717, 1.165) is 31.1 Å². The van der Waals surface area contributed by atoms with Crippen LogP contribution in [-0.4, -0.2) is 17.6 Å². The van der Waals surface area contributed by atoms with Crippen molar-refractivity contribution >= 4 is 0 Å². The molecule has 1 fully saturated rings. The second-order valence-electron chi connectivity index (χ2n) is 6.04. The van der Waals surface area contributed by atoms with Crippen molar-refractivity contribution < 1.29 is 4.74 Å². The van der Waals surface area contributed by atoms with E-state index in [1.807, 2.05) is 6.20 Å². The molecule has 0 aromatic carbocycles. The quantitative estimate of drug-likeness (QED) is 0.857. The average molecular weight is 276 g/mol. The number of nitrogens with zero attached hydrogens (tertiary/aromatic N) is 1. The first-order valence-corrected chi connectivity index (χ1v) is 8.07. The normalized spacial score (nSPS) is 26.4. The van der Waals surface area contributed by atoms with E-state index in [4.69, 9.17) is 10.5 Å². The van der Waals surface area contributed by atoms with Crippen LogP contribution in [0.25, 0.3) is 0 Å². The number of pyridine rings is 1. The molecule has 1 heterocycles. The lowest BCUT2D eigenvalue weighted by Crippen LogP contribution is -2.34. The lowest BCUT2D eigenvalue weighted by molar-refractivity contribution is 0.272. The van der Waals surface area contributed by atoms with Gasteiger partial charge in [-0.3, -0.25) is 4.98 Å². The van der Waals surface area contributed by atoms with Gasteiger partial charge in [-0.15, -0.1) is 0 Å². The van der Waals surface area contributed by atoms with Gasteiger partial charge in [0.05, 0.1) is 12.8 Å². The molecule has 3 nitrogen and oxygen atoms in total.